The van der Waals surface area contributed by atoms with Gasteiger partial charge in [0, 0.05) is 7.11 Å². The third kappa shape index (κ3) is 8.57. The third-order valence-corrected chi connectivity index (χ3v) is 1.82. The van der Waals surface area contributed by atoms with Crippen LogP contribution in [0.2, 0.25) is 0 Å². The fraction of sp³-hybridized carbons (Fsp3) is 0.818. The van der Waals surface area contributed by atoms with Crippen LogP contribution in [-0.4, -0.2) is 55.6 Å². The highest BCUT2D eigenvalue weighted by atomic mass is 19.4. The fourth-order valence-corrected chi connectivity index (χ4v) is 1.05. The molecule has 1 N–H and O–H groups in total. The molecule has 0 bridgehead atoms. The van der Waals surface area contributed by atoms with Gasteiger partial charge in [-0.2, -0.15) is 13.2 Å². The average molecular weight is 300 g/mol. The number of methoxy groups -OCH3 is 1. The Morgan fingerprint density at radius 1 is 1.20 bits per heavy atom. The number of nitrogens with one attached hydrogen (secondary N) is 1. The summed E-state index contributed by atoms with van der Waals surface area (Å²) in [6.07, 6.45) is -5.59. The number of alkyl halides is 3. The number of hydrogen-bond donors (Lipinski definition) is 1. The minimum absolute atomic E-state index is 0.0152. The van der Waals surface area contributed by atoms with E-state index in [9.17, 15) is 22.8 Å². The Kier molecular flexibility index (Phi) is 6.77. The van der Waals surface area contributed by atoms with Gasteiger partial charge in [0.15, 0.2) is 0 Å². The van der Waals surface area contributed by atoms with Gasteiger partial charge in [0.25, 0.3) is 0 Å². The average Bonchev–Trinajstić information content (AvgIpc) is 2.23. The second-order valence-electron chi connectivity index (χ2n) is 4.90. The highest BCUT2D eigenvalue weighted by Gasteiger charge is 2.31. The number of halogens is 3. The summed E-state index contributed by atoms with van der Waals surface area (Å²) in [6, 6.07) is -1.19. The number of hydrogen-bond acceptors (Lipinski definition) is 4. The first kappa shape index (κ1) is 18.5. The molecule has 0 spiro atoms. The number of amides is 3. The van der Waals surface area contributed by atoms with E-state index in [1.165, 1.54) is 7.11 Å². The molecule has 0 rings (SSSR count). The second-order valence-corrected chi connectivity index (χ2v) is 4.90. The quantitative estimate of drug-likeness (QED) is 0.863. The molecule has 20 heavy (non-hydrogen) atoms. The molecule has 0 aromatic carbocycles. The zero-order valence-electron chi connectivity index (χ0n) is 11.8. The molecular formula is C11H19F3N2O4. The Bertz CT molecular complexity index is 340. The molecule has 118 valence electrons. The minimum Gasteiger partial charge on any atom is -0.443 e. The van der Waals surface area contributed by atoms with Crippen LogP contribution in [0.15, 0.2) is 0 Å². The second kappa shape index (κ2) is 7.32. The van der Waals surface area contributed by atoms with Gasteiger partial charge in [0.05, 0.1) is 13.2 Å². The summed E-state index contributed by atoms with van der Waals surface area (Å²) in [4.78, 5) is 23.8. The number of urea groups is 1. The Labute approximate surface area is 115 Å². The van der Waals surface area contributed by atoms with Crippen molar-refractivity contribution < 1.29 is 32.2 Å². The summed E-state index contributed by atoms with van der Waals surface area (Å²) >= 11 is 0. The standard InChI is InChI=1S/C11H19F3N2O4/c1-10(2,3)20-9(18)16(5-6-19-4)8(17)15-7-11(12,13)14/h5-7H2,1-4H3,(H,15,17). The number of ether oxygens (including phenoxy) is 2. The highest BCUT2D eigenvalue weighted by Crippen LogP contribution is 2.13. The Balaban J connectivity index is 4.69. The third-order valence-electron chi connectivity index (χ3n) is 1.82. The number of nitrogens with zero attached hydrogens (tertiary/aromatic N) is 1. The van der Waals surface area contributed by atoms with Gasteiger partial charge in [-0.05, 0) is 20.8 Å². The zero-order chi connectivity index (χ0) is 16.0. The first-order valence-corrected chi connectivity index (χ1v) is 5.80. The number of carbonyl (C=O) groups is 2. The molecule has 0 aromatic heterocycles. The number of carbonyl (C=O) groups excluding carboxylic acids is 2. The lowest BCUT2D eigenvalue weighted by atomic mass is 10.2. The molecule has 0 saturated carbocycles. The van der Waals surface area contributed by atoms with E-state index < -0.39 is 30.4 Å². The summed E-state index contributed by atoms with van der Waals surface area (Å²) < 4.78 is 45.7. The van der Waals surface area contributed by atoms with Crippen LogP contribution < -0.4 is 5.32 Å². The summed E-state index contributed by atoms with van der Waals surface area (Å²) in [5.41, 5.74) is -0.868. The smallest absolute Gasteiger partial charge is 0.418 e. The molecule has 0 fully saturated rings. The Morgan fingerprint density at radius 3 is 2.15 bits per heavy atom. The van der Waals surface area contributed by atoms with Gasteiger partial charge in [0.1, 0.15) is 12.1 Å². The maximum Gasteiger partial charge on any atom is 0.418 e. The summed E-state index contributed by atoms with van der Waals surface area (Å²) in [5.74, 6) is 0. The zero-order valence-corrected chi connectivity index (χ0v) is 11.8. The molecule has 0 aliphatic carbocycles. The fourth-order valence-electron chi connectivity index (χ4n) is 1.05. The number of rotatable bonds is 4. The van der Waals surface area contributed by atoms with Gasteiger partial charge in [-0.15, -0.1) is 0 Å². The maximum atomic E-state index is 12.0. The van der Waals surface area contributed by atoms with Crippen LogP contribution in [0, 0.1) is 0 Å². The van der Waals surface area contributed by atoms with Gasteiger partial charge in [-0.3, -0.25) is 0 Å². The van der Waals surface area contributed by atoms with Gasteiger partial charge >= 0.3 is 18.3 Å². The predicted octanol–water partition coefficient (Wildman–Crippen LogP) is 2.14. The van der Waals surface area contributed by atoms with Crippen molar-refractivity contribution in [2.24, 2.45) is 0 Å². The van der Waals surface area contributed by atoms with Crippen molar-refractivity contribution in [2.45, 2.75) is 32.5 Å². The summed E-state index contributed by atoms with van der Waals surface area (Å²) in [6.45, 7) is 2.97. The lowest BCUT2D eigenvalue weighted by Gasteiger charge is -2.26. The maximum absolute atomic E-state index is 12.0. The van der Waals surface area contributed by atoms with E-state index in [4.69, 9.17) is 9.47 Å². The van der Waals surface area contributed by atoms with E-state index >= 15 is 0 Å². The summed E-state index contributed by atoms with van der Waals surface area (Å²) in [7, 11) is 1.33. The molecule has 9 heteroatoms. The molecule has 0 aromatic rings. The van der Waals surface area contributed by atoms with E-state index in [0.29, 0.717) is 4.90 Å². The van der Waals surface area contributed by atoms with E-state index in [-0.39, 0.29) is 13.2 Å². The topological polar surface area (TPSA) is 67.9 Å². The first-order chi connectivity index (χ1) is 8.96. The van der Waals surface area contributed by atoms with Crippen LogP contribution in [0.3, 0.4) is 0 Å². The van der Waals surface area contributed by atoms with Crippen LogP contribution >= 0.6 is 0 Å². The lowest BCUT2D eigenvalue weighted by molar-refractivity contribution is -0.123. The van der Waals surface area contributed by atoms with E-state index in [1.807, 2.05) is 0 Å². The Morgan fingerprint density at radius 2 is 1.75 bits per heavy atom. The minimum atomic E-state index is -4.56. The molecular weight excluding hydrogens is 281 g/mol. The van der Waals surface area contributed by atoms with Crippen molar-refractivity contribution in [1.29, 1.82) is 0 Å². The predicted molar refractivity (Wildman–Crippen MR) is 64.3 cm³/mol. The summed E-state index contributed by atoms with van der Waals surface area (Å²) in [5, 5.41) is 1.60. The van der Waals surface area contributed by atoms with Crippen molar-refractivity contribution >= 4 is 12.1 Å². The normalized spacial score (nSPS) is 11.9. The Hall–Kier alpha value is -1.51. The molecule has 6 nitrogen and oxygen atoms in total. The highest BCUT2D eigenvalue weighted by molar-refractivity contribution is 5.91. The molecule has 0 unspecified atom stereocenters. The molecule has 0 atom stereocenters. The van der Waals surface area contributed by atoms with Gasteiger partial charge in [-0.25, -0.2) is 14.5 Å². The van der Waals surface area contributed by atoms with Crippen LogP contribution in [-0.2, 0) is 9.47 Å². The molecule has 3 amide bonds. The SMILES string of the molecule is COCCN(C(=O)NCC(F)(F)F)C(=O)OC(C)(C)C. The lowest BCUT2D eigenvalue weighted by Crippen LogP contribution is -2.49. The van der Waals surface area contributed by atoms with Gasteiger partial charge < -0.3 is 14.8 Å². The van der Waals surface area contributed by atoms with Crippen molar-refractivity contribution in [3.05, 3.63) is 0 Å². The van der Waals surface area contributed by atoms with Crippen molar-refractivity contribution in [2.75, 3.05) is 26.8 Å². The van der Waals surface area contributed by atoms with Crippen LogP contribution in [0.4, 0.5) is 22.8 Å². The molecule has 0 heterocycles. The van der Waals surface area contributed by atoms with Gasteiger partial charge in [0.2, 0.25) is 0 Å². The van der Waals surface area contributed by atoms with Crippen LogP contribution in [0.1, 0.15) is 20.8 Å². The van der Waals surface area contributed by atoms with E-state index in [0.717, 1.165) is 0 Å². The largest absolute Gasteiger partial charge is 0.443 e. The molecule has 0 aliphatic heterocycles. The van der Waals surface area contributed by atoms with Crippen LogP contribution in [0.25, 0.3) is 0 Å². The first-order valence-electron chi connectivity index (χ1n) is 5.80. The molecule has 0 saturated heterocycles. The van der Waals surface area contributed by atoms with Gasteiger partial charge in [-0.1, -0.05) is 0 Å². The monoisotopic (exact) mass is 300 g/mol. The van der Waals surface area contributed by atoms with E-state index in [1.54, 1.807) is 26.1 Å². The molecule has 0 aliphatic rings. The van der Waals surface area contributed by atoms with Crippen LogP contribution in [0.5, 0.6) is 0 Å². The van der Waals surface area contributed by atoms with Crippen molar-refractivity contribution in [3.8, 4) is 0 Å². The van der Waals surface area contributed by atoms with Crippen molar-refractivity contribution in [3.63, 3.8) is 0 Å². The number of imide groups is 1. The molecule has 0 radical (unpaired) electrons. The van der Waals surface area contributed by atoms with E-state index in [2.05, 4.69) is 0 Å². The van der Waals surface area contributed by atoms with Crippen molar-refractivity contribution in [1.82, 2.24) is 10.2 Å².